The molecule has 4 aromatic rings. The molecule has 0 unspecified atom stereocenters. The number of esters is 1. The van der Waals surface area contributed by atoms with Crippen LogP contribution >= 0.6 is 0 Å². The van der Waals surface area contributed by atoms with Crippen LogP contribution in [0, 0.1) is 0 Å². The van der Waals surface area contributed by atoms with E-state index in [1.54, 1.807) is 30.3 Å². The number of methoxy groups -OCH3 is 1. The molecule has 204 valence electrons. The summed E-state index contributed by atoms with van der Waals surface area (Å²) >= 11 is 0. The summed E-state index contributed by atoms with van der Waals surface area (Å²) in [5, 5.41) is 2.59. The van der Waals surface area contributed by atoms with Crippen LogP contribution in [0.5, 0.6) is 5.75 Å². The van der Waals surface area contributed by atoms with Gasteiger partial charge in [-0.3, -0.25) is 0 Å². The maximum atomic E-state index is 12.8. The number of benzene rings is 4. The van der Waals surface area contributed by atoms with Crippen molar-refractivity contribution in [3.05, 3.63) is 120 Å². The number of alkyl carbamates (subject to hydrolysis) is 1. The molecule has 0 aliphatic heterocycles. The van der Waals surface area contributed by atoms with E-state index < -0.39 is 28.2 Å². The normalized spacial score (nSPS) is 13.0. The Balaban J connectivity index is 1.26. The number of hydrogen-bond donors (Lipinski definition) is 1. The average Bonchev–Trinajstić information content (AvgIpc) is 3.29. The number of rotatable bonds is 9. The molecule has 1 amide bonds. The molecule has 0 heterocycles. The fourth-order valence-corrected chi connectivity index (χ4v) is 5.78. The number of amides is 1. The summed E-state index contributed by atoms with van der Waals surface area (Å²) < 4.78 is 40.9. The maximum absolute atomic E-state index is 12.8. The van der Waals surface area contributed by atoms with Crippen molar-refractivity contribution in [1.29, 1.82) is 0 Å². The van der Waals surface area contributed by atoms with Crippen LogP contribution in [0.2, 0.25) is 0 Å². The summed E-state index contributed by atoms with van der Waals surface area (Å²) in [6.07, 6.45) is -0.740. The van der Waals surface area contributed by atoms with E-state index >= 15 is 0 Å². The van der Waals surface area contributed by atoms with Gasteiger partial charge in [-0.15, -0.1) is 0 Å². The molecule has 5 rings (SSSR count). The highest BCUT2D eigenvalue weighted by Gasteiger charge is 2.30. The average molecular weight is 558 g/mol. The lowest BCUT2D eigenvalue weighted by atomic mass is 9.98. The topological polar surface area (TPSA) is 108 Å². The molecule has 4 aromatic carbocycles. The van der Waals surface area contributed by atoms with Gasteiger partial charge in [-0.25, -0.2) is 9.59 Å². The third kappa shape index (κ3) is 5.84. The Labute approximate surface area is 232 Å². The third-order valence-corrected chi connectivity index (χ3v) is 7.96. The van der Waals surface area contributed by atoms with Crippen LogP contribution in [0.1, 0.15) is 22.6 Å². The second kappa shape index (κ2) is 11.6. The van der Waals surface area contributed by atoms with Gasteiger partial charge in [0.05, 0.1) is 7.11 Å². The first-order valence-electron chi connectivity index (χ1n) is 12.6. The molecule has 0 radical (unpaired) electrons. The standard InChI is InChI=1S/C31H27NO7S/c1-37-30(33)29(19-21-10-9-11-22(18-21)39-40(35,36)23-12-3-2-4-13-23)32-31(34)38-20-28-26-16-7-5-14-24(26)25-15-6-8-17-27(25)28/h2-18,28-29H,19-20H2,1H3,(H,32,34)/t29-/m0/s1. The fourth-order valence-electron chi connectivity index (χ4n) is 4.84. The molecule has 0 saturated heterocycles. The lowest BCUT2D eigenvalue weighted by Gasteiger charge is -2.19. The van der Waals surface area contributed by atoms with Crippen molar-refractivity contribution in [1.82, 2.24) is 5.32 Å². The number of carbonyl (C=O) groups is 2. The zero-order chi connectivity index (χ0) is 28.1. The van der Waals surface area contributed by atoms with Crippen molar-refractivity contribution in [3.63, 3.8) is 0 Å². The van der Waals surface area contributed by atoms with Gasteiger partial charge in [0.15, 0.2) is 0 Å². The summed E-state index contributed by atoms with van der Waals surface area (Å²) in [5.41, 5.74) is 4.91. The molecule has 1 aliphatic rings. The van der Waals surface area contributed by atoms with Gasteiger partial charge < -0.3 is 19.0 Å². The summed E-state index contributed by atoms with van der Waals surface area (Å²) in [7, 11) is -2.82. The van der Waals surface area contributed by atoms with Crippen molar-refractivity contribution < 1.29 is 31.7 Å². The van der Waals surface area contributed by atoms with Gasteiger partial charge in [-0.2, -0.15) is 8.42 Å². The van der Waals surface area contributed by atoms with Crippen molar-refractivity contribution in [3.8, 4) is 16.9 Å². The lowest BCUT2D eigenvalue weighted by Crippen LogP contribution is -2.43. The Kier molecular flexibility index (Phi) is 7.84. The third-order valence-electron chi connectivity index (χ3n) is 6.70. The summed E-state index contributed by atoms with van der Waals surface area (Å²) in [4.78, 5) is 25.3. The van der Waals surface area contributed by atoms with E-state index in [1.807, 2.05) is 48.5 Å². The summed E-state index contributed by atoms with van der Waals surface area (Å²) in [5.74, 6) is -0.724. The van der Waals surface area contributed by atoms with E-state index in [9.17, 15) is 18.0 Å². The molecule has 1 N–H and O–H groups in total. The minimum absolute atomic E-state index is 0.0183. The second-order valence-corrected chi connectivity index (χ2v) is 10.8. The van der Waals surface area contributed by atoms with E-state index in [0.717, 1.165) is 22.3 Å². The SMILES string of the molecule is COC(=O)[C@H](Cc1cccc(OS(=O)(=O)c2ccccc2)c1)NC(=O)OCC1c2ccccc2-c2ccccc21. The Morgan fingerprint density at radius 1 is 0.825 bits per heavy atom. The number of carbonyl (C=O) groups excluding carboxylic acids is 2. The Bertz CT molecular complexity index is 1590. The van der Waals surface area contributed by atoms with Crippen molar-refractivity contribution in [2.24, 2.45) is 0 Å². The smallest absolute Gasteiger partial charge is 0.407 e. The van der Waals surface area contributed by atoms with Crippen LogP contribution in [0.3, 0.4) is 0 Å². The molecule has 0 aromatic heterocycles. The molecule has 0 saturated carbocycles. The largest absolute Gasteiger partial charge is 0.467 e. The Morgan fingerprint density at radius 3 is 2.10 bits per heavy atom. The predicted octanol–water partition coefficient (Wildman–Crippen LogP) is 5.08. The number of hydrogen-bond acceptors (Lipinski definition) is 7. The fraction of sp³-hybridized carbons (Fsp3) is 0.161. The minimum Gasteiger partial charge on any atom is -0.467 e. The predicted molar refractivity (Wildman–Crippen MR) is 148 cm³/mol. The first kappa shape index (κ1) is 27.0. The van der Waals surface area contributed by atoms with Crippen LogP contribution < -0.4 is 9.50 Å². The number of nitrogens with one attached hydrogen (secondary N) is 1. The van der Waals surface area contributed by atoms with Gasteiger partial charge in [0.1, 0.15) is 23.3 Å². The zero-order valence-electron chi connectivity index (χ0n) is 21.6. The van der Waals surface area contributed by atoms with E-state index in [1.165, 1.54) is 31.4 Å². The highest BCUT2D eigenvalue weighted by Crippen LogP contribution is 2.44. The van der Waals surface area contributed by atoms with Gasteiger partial charge in [0, 0.05) is 12.3 Å². The Morgan fingerprint density at radius 2 is 1.45 bits per heavy atom. The molecule has 1 atom stereocenters. The molecule has 0 spiro atoms. The maximum Gasteiger partial charge on any atom is 0.407 e. The highest BCUT2D eigenvalue weighted by atomic mass is 32.2. The molecular weight excluding hydrogens is 530 g/mol. The van der Waals surface area contributed by atoms with Crippen LogP contribution in [0.4, 0.5) is 4.79 Å². The van der Waals surface area contributed by atoms with Gasteiger partial charge >= 0.3 is 22.2 Å². The van der Waals surface area contributed by atoms with Crippen LogP contribution in [-0.2, 0) is 30.8 Å². The highest BCUT2D eigenvalue weighted by molar-refractivity contribution is 7.87. The van der Waals surface area contributed by atoms with Crippen LogP contribution in [0.25, 0.3) is 11.1 Å². The molecule has 8 nitrogen and oxygen atoms in total. The van der Waals surface area contributed by atoms with Gasteiger partial charge in [0.25, 0.3) is 0 Å². The van der Waals surface area contributed by atoms with E-state index in [4.69, 9.17) is 13.7 Å². The molecule has 0 bridgehead atoms. The summed E-state index contributed by atoms with van der Waals surface area (Å²) in [6, 6.07) is 29.0. The van der Waals surface area contributed by atoms with Crippen molar-refractivity contribution in [2.45, 2.75) is 23.3 Å². The minimum atomic E-state index is -4.04. The van der Waals surface area contributed by atoms with Gasteiger partial charge in [-0.1, -0.05) is 78.9 Å². The van der Waals surface area contributed by atoms with E-state index in [2.05, 4.69) is 5.32 Å². The molecule has 0 fully saturated rings. The number of fused-ring (bicyclic) bond motifs is 3. The van der Waals surface area contributed by atoms with Gasteiger partial charge in [-0.05, 0) is 52.1 Å². The van der Waals surface area contributed by atoms with E-state index in [-0.39, 0.29) is 29.6 Å². The summed E-state index contributed by atoms with van der Waals surface area (Å²) in [6.45, 7) is 0.0917. The van der Waals surface area contributed by atoms with Crippen molar-refractivity contribution >= 4 is 22.2 Å². The van der Waals surface area contributed by atoms with Gasteiger partial charge in [0.2, 0.25) is 0 Å². The second-order valence-electron chi connectivity index (χ2n) is 9.25. The Hall–Kier alpha value is -4.63. The quantitative estimate of drug-likeness (QED) is 0.226. The molecular formula is C31H27NO7S. The van der Waals surface area contributed by atoms with Crippen LogP contribution in [-0.4, -0.2) is 40.2 Å². The monoisotopic (exact) mass is 557 g/mol. The zero-order valence-corrected chi connectivity index (χ0v) is 22.5. The van der Waals surface area contributed by atoms with Crippen LogP contribution in [0.15, 0.2) is 108 Å². The number of ether oxygens (including phenoxy) is 2. The lowest BCUT2D eigenvalue weighted by molar-refractivity contribution is -0.143. The van der Waals surface area contributed by atoms with E-state index in [0.29, 0.717) is 5.56 Å². The molecule has 9 heteroatoms. The first-order valence-corrected chi connectivity index (χ1v) is 14.0. The molecule has 1 aliphatic carbocycles. The first-order chi connectivity index (χ1) is 19.4. The van der Waals surface area contributed by atoms with Crippen molar-refractivity contribution in [2.75, 3.05) is 13.7 Å². The molecule has 40 heavy (non-hydrogen) atoms.